The van der Waals surface area contributed by atoms with Crippen LogP contribution in [-0.2, 0) is 4.79 Å². The first kappa shape index (κ1) is 16.5. The van der Waals surface area contributed by atoms with Gasteiger partial charge in [0.05, 0.1) is 27.2 Å². The van der Waals surface area contributed by atoms with Crippen LogP contribution in [0.5, 0.6) is 0 Å². The largest absolute Gasteiger partial charge is 0.369 e. The quantitative estimate of drug-likeness (QED) is 0.766. The molecule has 1 amide bonds. The van der Waals surface area contributed by atoms with Crippen molar-refractivity contribution in [2.24, 2.45) is 28.9 Å². The molecule has 3 heteroatoms. The number of nitrogens with zero attached hydrogens (tertiary/aromatic N) is 1. The molecule has 1 rings (SSSR count). The number of hydrogen-bond acceptors (Lipinski definition) is 1. The highest BCUT2D eigenvalue weighted by atomic mass is 16.1. The molecular formula is C16H33N2O+. The van der Waals surface area contributed by atoms with E-state index in [2.05, 4.69) is 41.8 Å². The fraction of sp³-hybridized carbons (Fsp3) is 0.938. The highest BCUT2D eigenvalue weighted by molar-refractivity contribution is 5.76. The number of quaternary nitrogens is 1. The molecule has 0 saturated carbocycles. The van der Waals surface area contributed by atoms with E-state index in [1.807, 2.05) is 0 Å². The smallest absolute Gasteiger partial charge is 0.220 e. The minimum absolute atomic E-state index is 0.0607. The molecule has 0 spiro atoms. The van der Waals surface area contributed by atoms with Gasteiger partial charge in [-0.2, -0.15) is 0 Å². The van der Waals surface area contributed by atoms with Crippen molar-refractivity contribution >= 4 is 5.91 Å². The van der Waals surface area contributed by atoms with Crippen LogP contribution in [0.25, 0.3) is 0 Å². The molecule has 0 aromatic rings. The first-order valence-corrected chi connectivity index (χ1v) is 7.65. The maximum atomic E-state index is 11.5. The Bertz CT molecular complexity index is 317. The molecule has 0 aliphatic carbocycles. The van der Waals surface area contributed by atoms with Crippen LogP contribution in [0, 0.1) is 23.2 Å². The Morgan fingerprint density at radius 3 is 2.21 bits per heavy atom. The molecule has 0 radical (unpaired) electrons. The predicted octanol–water partition coefficient (Wildman–Crippen LogP) is 2.65. The van der Waals surface area contributed by atoms with Gasteiger partial charge in [-0.15, -0.1) is 0 Å². The molecular weight excluding hydrogens is 236 g/mol. The van der Waals surface area contributed by atoms with Crippen molar-refractivity contribution in [1.82, 2.24) is 0 Å². The lowest BCUT2D eigenvalue weighted by Crippen LogP contribution is -2.37. The van der Waals surface area contributed by atoms with Crippen LogP contribution in [-0.4, -0.2) is 37.6 Å². The van der Waals surface area contributed by atoms with Gasteiger partial charge in [-0.05, 0) is 24.7 Å². The third-order valence-corrected chi connectivity index (χ3v) is 4.48. The van der Waals surface area contributed by atoms with E-state index in [9.17, 15) is 4.79 Å². The van der Waals surface area contributed by atoms with E-state index >= 15 is 0 Å². The second kappa shape index (κ2) is 5.82. The highest BCUT2D eigenvalue weighted by Gasteiger charge is 2.42. The van der Waals surface area contributed by atoms with Gasteiger partial charge in [0.15, 0.2) is 0 Å². The summed E-state index contributed by atoms with van der Waals surface area (Å²) in [7, 11) is 4.61. The highest BCUT2D eigenvalue weighted by Crippen LogP contribution is 2.39. The van der Waals surface area contributed by atoms with Crippen molar-refractivity contribution in [2.45, 2.75) is 47.0 Å². The van der Waals surface area contributed by atoms with Crippen LogP contribution in [0.1, 0.15) is 47.0 Å². The third kappa shape index (κ3) is 5.13. The molecule has 0 aromatic heterocycles. The molecule has 1 saturated heterocycles. The molecule has 3 atom stereocenters. The van der Waals surface area contributed by atoms with Crippen molar-refractivity contribution in [3.8, 4) is 0 Å². The van der Waals surface area contributed by atoms with E-state index in [1.165, 1.54) is 19.5 Å². The number of carbonyl (C=O) groups is 1. The Kier molecular flexibility index (Phi) is 5.05. The summed E-state index contributed by atoms with van der Waals surface area (Å²) >= 11 is 0. The third-order valence-electron chi connectivity index (χ3n) is 4.48. The lowest BCUT2D eigenvalue weighted by Gasteiger charge is -2.26. The van der Waals surface area contributed by atoms with E-state index in [0.29, 0.717) is 11.3 Å². The van der Waals surface area contributed by atoms with Gasteiger partial charge in [0.25, 0.3) is 0 Å². The average Bonchev–Trinajstić information content (AvgIpc) is 2.46. The second-order valence-electron chi connectivity index (χ2n) is 8.33. The van der Waals surface area contributed by atoms with Crippen molar-refractivity contribution in [3.63, 3.8) is 0 Å². The maximum absolute atomic E-state index is 11.5. The zero-order valence-corrected chi connectivity index (χ0v) is 13.7. The van der Waals surface area contributed by atoms with Gasteiger partial charge in [0.1, 0.15) is 0 Å². The molecule has 0 aromatic carbocycles. The Balaban J connectivity index is 2.75. The molecule has 1 aliphatic heterocycles. The van der Waals surface area contributed by atoms with Crippen molar-refractivity contribution < 1.29 is 9.28 Å². The summed E-state index contributed by atoms with van der Waals surface area (Å²) < 4.78 is 1.08. The number of likely N-dealkylation sites (tertiary alicyclic amines) is 1. The van der Waals surface area contributed by atoms with E-state index in [0.717, 1.165) is 23.2 Å². The minimum Gasteiger partial charge on any atom is -0.369 e. The zero-order valence-electron chi connectivity index (χ0n) is 13.7. The van der Waals surface area contributed by atoms with E-state index < -0.39 is 0 Å². The van der Waals surface area contributed by atoms with Gasteiger partial charge in [-0.3, -0.25) is 4.79 Å². The number of primary amides is 1. The van der Waals surface area contributed by atoms with Gasteiger partial charge >= 0.3 is 0 Å². The van der Waals surface area contributed by atoms with E-state index in [4.69, 9.17) is 5.73 Å². The summed E-state index contributed by atoms with van der Waals surface area (Å²) in [6, 6.07) is 0. The molecule has 3 nitrogen and oxygen atoms in total. The maximum Gasteiger partial charge on any atom is 0.220 e. The van der Waals surface area contributed by atoms with Gasteiger partial charge in [-0.1, -0.05) is 27.7 Å². The summed E-state index contributed by atoms with van der Waals surface area (Å²) in [6.45, 7) is 11.4. The first-order chi connectivity index (χ1) is 8.54. The molecule has 2 N–H and O–H groups in total. The summed E-state index contributed by atoms with van der Waals surface area (Å²) in [5.41, 5.74) is 5.88. The van der Waals surface area contributed by atoms with Gasteiger partial charge in [-0.25, -0.2) is 0 Å². The van der Waals surface area contributed by atoms with Crippen molar-refractivity contribution in [2.75, 3.05) is 27.2 Å². The predicted molar refractivity (Wildman–Crippen MR) is 80.5 cm³/mol. The average molecular weight is 269 g/mol. The SMILES string of the molecule is CCC(CC1C[N+](C)(C)CC1CC(C)(C)C)C(N)=O. The number of amides is 1. The van der Waals surface area contributed by atoms with Gasteiger partial charge in [0.2, 0.25) is 5.91 Å². The van der Waals surface area contributed by atoms with Gasteiger partial charge < -0.3 is 10.2 Å². The lowest BCUT2D eigenvalue weighted by atomic mass is 9.77. The van der Waals surface area contributed by atoms with Crippen molar-refractivity contribution in [3.05, 3.63) is 0 Å². The topological polar surface area (TPSA) is 43.1 Å². The van der Waals surface area contributed by atoms with Crippen LogP contribution in [0.15, 0.2) is 0 Å². The second-order valence-corrected chi connectivity index (χ2v) is 8.33. The summed E-state index contributed by atoms with van der Waals surface area (Å²) in [5.74, 6) is 1.31. The Morgan fingerprint density at radius 2 is 1.79 bits per heavy atom. The summed E-state index contributed by atoms with van der Waals surface area (Å²) in [6.07, 6.45) is 3.10. The molecule has 112 valence electrons. The van der Waals surface area contributed by atoms with Crippen LogP contribution in [0.2, 0.25) is 0 Å². The van der Waals surface area contributed by atoms with Crippen LogP contribution < -0.4 is 5.73 Å². The number of nitrogens with two attached hydrogens (primary N) is 1. The lowest BCUT2D eigenvalue weighted by molar-refractivity contribution is -0.880. The number of rotatable bonds is 5. The molecule has 1 aliphatic rings. The van der Waals surface area contributed by atoms with Crippen LogP contribution >= 0.6 is 0 Å². The van der Waals surface area contributed by atoms with Gasteiger partial charge in [0, 0.05) is 17.8 Å². The summed E-state index contributed by atoms with van der Waals surface area (Å²) in [5, 5.41) is 0. The minimum atomic E-state index is -0.116. The Hall–Kier alpha value is -0.570. The zero-order chi connectivity index (χ0) is 14.8. The number of carbonyl (C=O) groups excluding carboxylic acids is 1. The van der Waals surface area contributed by atoms with Crippen LogP contribution in [0.4, 0.5) is 0 Å². The Morgan fingerprint density at radius 1 is 1.26 bits per heavy atom. The molecule has 0 bridgehead atoms. The molecule has 19 heavy (non-hydrogen) atoms. The first-order valence-electron chi connectivity index (χ1n) is 7.65. The molecule has 3 unspecified atom stereocenters. The number of hydrogen-bond donors (Lipinski definition) is 1. The molecule has 1 fully saturated rings. The monoisotopic (exact) mass is 269 g/mol. The van der Waals surface area contributed by atoms with Crippen LogP contribution in [0.3, 0.4) is 0 Å². The standard InChI is InChI=1S/C16H32N2O/c1-7-12(15(17)19)8-13-10-18(5,6)11-14(13)9-16(2,3)4/h12-14H,7-11H2,1-6H3,(H-,17,19)/p+1. The fourth-order valence-corrected chi connectivity index (χ4v) is 3.78. The Labute approximate surface area is 119 Å². The fourth-order valence-electron chi connectivity index (χ4n) is 3.78. The normalized spacial score (nSPS) is 28.3. The summed E-state index contributed by atoms with van der Waals surface area (Å²) in [4.78, 5) is 11.5. The van der Waals surface area contributed by atoms with E-state index in [1.54, 1.807) is 0 Å². The van der Waals surface area contributed by atoms with E-state index in [-0.39, 0.29) is 11.8 Å². The van der Waals surface area contributed by atoms with Crippen molar-refractivity contribution in [1.29, 1.82) is 0 Å². The molecule has 1 heterocycles.